The van der Waals surface area contributed by atoms with Crippen molar-refractivity contribution in [3.8, 4) is 0 Å². The molecule has 0 aliphatic carbocycles. The quantitative estimate of drug-likeness (QED) is 0.557. The molecule has 1 unspecified atom stereocenters. The summed E-state index contributed by atoms with van der Waals surface area (Å²) in [7, 11) is 0. The van der Waals surface area contributed by atoms with Crippen LogP contribution in [0.15, 0.2) is 9.59 Å². The topological polar surface area (TPSA) is 106 Å². The van der Waals surface area contributed by atoms with Crippen LogP contribution in [0.25, 0.3) is 11.2 Å². The van der Waals surface area contributed by atoms with Gasteiger partial charge in [-0.2, -0.15) is 0 Å². The van der Waals surface area contributed by atoms with Crippen molar-refractivity contribution in [1.29, 1.82) is 0 Å². The predicted octanol–water partition coefficient (Wildman–Crippen LogP) is -0.856. The van der Waals surface area contributed by atoms with E-state index in [9.17, 15) is 9.59 Å². The van der Waals surface area contributed by atoms with Crippen molar-refractivity contribution < 1.29 is 0 Å². The first-order chi connectivity index (χ1) is 8.22. The molecule has 0 spiro atoms. The molecular formula is C9H11N5O2S. The van der Waals surface area contributed by atoms with Crippen LogP contribution in [-0.4, -0.2) is 37.6 Å². The minimum Gasteiger partial charge on any atom is -0.336 e. The molecule has 8 heteroatoms. The van der Waals surface area contributed by atoms with Gasteiger partial charge in [-0.25, -0.2) is 9.78 Å². The molecule has 17 heavy (non-hydrogen) atoms. The molecule has 0 amide bonds. The van der Waals surface area contributed by atoms with E-state index >= 15 is 0 Å². The zero-order valence-corrected chi connectivity index (χ0v) is 9.69. The molecule has 90 valence electrons. The number of rotatable bonds is 2. The predicted molar refractivity (Wildman–Crippen MR) is 65.3 cm³/mol. The Labute approximate surface area is 99.4 Å². The molecule has 7 nitrogen and oxygen atoms in total. The molecule has 0 radical (unpaired) electrons. The standard InChI is InChI=1S/C9H11N5O2S/c15-8-6-7(13-9(16)14-8)12-4(11-6)3-5-10-1-2-17-5/h5,10H,1-3H2,(H3,11,12,13,14,15,16). The van der Waals surface area contributed by atoms with E-state index in [1.165, 1.54) is 0 Å². The summed E-state index contributed by atoms with van der Waals surface area (Å²) in [4.78, 5) is 34.4. The van der Waals surface area contributed by atoms with Gasteiger partial charge in [0.05, 0.1) is 5.37 Å². The third-order valence-corrected chi connectivity index (χ3v) is 3.79. The number of nitrogens with one attached hydrogen (secondary N) is 4. The molecule has 2 aromatic heterocycles. The average Bonchev–Trinajstić information content (AvgIpc) is 2.87. The molecule has 1 fully saturated rings. The van der Waals surface area contributed by atoms with Gasteiger partial charge in [-0.05, 0) is 0 Å². The maximum atomic E-state index is 11.5. The van der Waals surface area contributed by atoms with Crippen LogP contribution in [-0.2, 0) is 6.42 Å². The van der Waals surface area contributed by atoms with Gasteiger partial charge in [0.2, 0.25) is 0 Å². The average molecular weight is 253 g/mol. The minimum absolute atomic E-state index is 0.316. The highest BCUT2D eigenvalue weighted by atomic mass is 32.2. The Kier molecular flexibility index (Phi) is 2.52. The third-order valence-electron chi connectivity index (χ3n) is 2.61. The fourth-order valence-corrected chi connectivity index (χ4v) is 2.90. The van der Waals surface area contributed by atoms with Crippen molar-refractivity contribution in [3.63, 3.8) is 0 Å². The van der Waals surface area contributed by atoms with Gasteiger partial charge >= 0.3 is 5.69 Å². The molecule has 1 saturated heterocycles. The second-order valence-corrected chi connectivity index (χ2v) is 5.14. The van der Waals surface area contributed by atoms with Crippen molar-refractivity contribution >= 4 is 22.9 Å². The monoisotopic (exact) mass is 253 g/mol. The number of thioether (sulfide) groups is 1. The van der Waals surface area contributed by atoms with Crippen LogP contribution >= 0.6 is 11.8 Å². The van der Waals surface area contributed by atoms with E-state index in [-0.39, 0.29) is 0 Å². The fourth-order valence-electron chi connectivity index (χ4n) is 1.86. The molecule has 1 aliphatic heterocycles. The number of imidazole rings is 1. The lowest BCUT2D eigenvalue weighted by Gasteiger charge is -2.05. The summed E-state index contributed by atoms with van der Waals surface area (Å²) in [6, 6.07) is 0. The van der Waals surface area contributed by atoms with E-state index in [2.05, 4.69) is 25.3 Å². The van der Waals surface area contributed by atoms with Crippen LogP contribution < -0.4 is 16.6 Å². The summed E-state index contributed by atoms with van der Waals surface area (Å²) in [5, 5.41) is 3.64. The first-order valence-corrected chi connectivity index (χ1v) is 6.33. The normalized spacial score (nSPS) is 20.1. The van der Waals surface area contributed by atoms with Crippen LogP contribution in [0.5, 0.6) is 0 Å². The summed E-state index contributed by atoms with van der Waals surface area (Å²) in [5.41, 5.74) is -0.331. The molecule has 3 rings (SSSR count). The van der Waals surface area contributed by atoms with E-state index in [1.807, 2.05) is 11.8 Å². The number of hydrogen-bond donors (Lipinski definition) is 4. The summed E-state index contributed by atoms with van der Waals surface area (Å²) >= 11 is 1.83. The minimum atomic E-state index is -0.533. The lowest BCUT2D eigenvalue weighted by Crippen LogP contribution is -2.22. The highest BCUT2D eigenvalue weighted by Gasteiger charge is 2.17. The Hall–Kier alpha value is -1.54. The molecule has 3 heterocycles. The Bertz CT molecular complexity index is 651. The second-order valence-electron chi connectivity index (χ2n) is 3.83. The highest BCUT2D eigenvalue weighted by molar-refractivity contribution is 8.00. The van der Waals surface area contributed by atoms with Gasteiger partial charge in [-0.15, -0.1) is 11.8 Å². The van der Waals surface area contributed by atoms with E-state index in [0.29, 0.717) is 28.8 Å². The number of aromatic nitrogens is 4. The van der Waals surface area contributed by atoms with E-state index in [0.717, 1.165) is 12.3 Å². The number of hydrogen-bond acceptors (Lipinski definition) is 5. The van der Waals surface area contributed by atoms with Gasteiger partial charge in [0.15, 0.2) is 5.65 Å². The second kappa shape index (κ2) is 4.04. The molecule has 1 atom stereocenters. The summed E-state index contributed by atoms with van der Waals surface area (Å²) in [6.45, 7) is 0.993. The summed E-state index contributed by atoms with van der Waals surface area (Å²) in [6.07, 6.45) is 0.709. The smallest absolute Gasteiger partial charge is 0.327 e. The SMILES string of the molecule is O=c1[nH]c(=O)c2[nH]c(CC3NCCS3)nc2[nH]1. The first-order valence-electron chi connectivity index (χ1n) is 5.28. The Morgan fingerprint density at radius 1 is 1.29 bits per heavy atom. The van der Waals surface area contributed by atoms with Gasteiger partial charge in [0.1, 0.15) is 11.3 Å². The summed E-state index contributed by atoms with van der Waals surface area (Å²) < 4.78 is 0. The van der Waals surface area contributed by atoms with Crippen LogP contribution in [0, 0.1) is 0 Å². The molecule has 2 aromatic rings. The van der Waals surface area contributed by atoms with E-state index in [1.54, 1.807) is 0 Å². The number of H-pyrrole nitrogens is 3. The Morgan fingerprint density at radius 3 is 2.94 bits per heavy atom. The van der Waals surface area contributed by atoms with Gasteiger partial charge in [-0.3, -0.25) is 14.8 Å². The van der Waals surface area contributed by atoms with Crippen molar-refractivity contribution in [3.05, 3.63) is 26.7 Å². The molecule has 0 saturated carbocycles. The van der Waals surface area contributed by atoms with Crippen molar-refractivity contribution in [2.24, 2.45) is 0 Å². The zero-order valence-electron chi connectivity index (χ0n) is 8.87. The Morgan fingerprint density at radius 2 is 2.18 bits per heavy atom. The van der Waals surface area contributed by atoms with Gasteiger partial charge in [0.25, 0.3) is 5.56 Å². The number of fused-ring (bicyclic) bond motifs is 1. The number of aromatic amines is 3. The van der Waals surface area contributed by atoms with Crippen molar-refractivity contribution in [2.45, 2.75) is 11.8 Å². The lowest BCUT2D eigenvalue weighted by molar-refractivity contribution is 0.691. The van der Waals surface area contributed by atoms with E-state index in [4.69, 9.17) is 0 Å². The van der Waals surface area contributed by atoms with Gasteiger partial charge in [-0.1, -0.05) is 0 Å². The van der Waals surface area contributed by atoms with Gasteiger partial charge < -0.3 is 10.3 Å². The van der Waals surface area contributed by atoms with E-state index < -0.39 is 11.2 Å². The van der Waals surface area contributed by atoms with Crippen LogP contribution in [0.2, 0.25) is 0 Å². The summed E-state index contributed by atoms with van der Waals surface area (Å²) in [5.74, 6) is 1.79. The highest BCUT2D eigenvalue weighted by Crippen LogP contribution is 2.17. The maximum Gasteiger partial charge on any atom is 0.327 e. The Balaban J connectivity index is 1.98. The first kappa shape index (κ1) is 10.6. The molecular weight excluding hydrogens is 242 g/mol. The molecule has 0 bridgehead atoms. The van der Waals surface area contributed by atoms with Crippen LogP contribution in [0.3, 0.4) is 0 Å². The van der Waals surface area contributed by atoms with Crippen LogP contribution in [0.1, 0.15) is 5.82 Å². The molecule has 1 aliphatic rings. The lowest BCUT2D eigenvalue weighted by atomic mass is 10.4. The zero-order chi connectivity index (χ0) is 11.8. The largest absolute Gasteiger partial charge is 0.336 e. The molecule has 0 aromatic carbocycles. The van der Waals surface area contributed by atoms with Gasteiger partial charge in [0, 0.05) is 18.7 Å². The molecule has 4 N–H and O–H groups in total. The van der Waals surface area contributed by atoms with Crippen LogP contribution in [0.4, 0.5) is 0 Å². The fraction of sp³-hybridized carbons (Fsp3) is 0.444. The van der Waals surface area contributed by atoms with Crippen molar-refractivity contribution in [2.75, 3.05) is 12.3 Å². The maximum absolute atomic E-state index is 11.5. The third kappa shape index (κ3) is 2.01. The number of nitrogens with zero attached hydrogens (tertiary/aromatic N) is 1. The van der Waals surface area contributed by atoms with Crippen molar-refractivity contribution in [1.82, 2.24) is 25.3 Å².